The van der Waals surface area contributed by atoms with E-state index in [4.69, 9.17) is 0 Å². The fourth-order valence-corrected chi connectivity index (χ4v) is 4.32. The molecule has 316 valence electrons. The van der Waals surface area contributed by atoms with Crippen LogP contribution in [0.15, 0.2) is 60.1 Å². The predicted octanol–water partition coefficient (Wildman–Crippen LogP) is -0.862. The normalized spacial score (nSPS) is 9.82. The summed E-state index contributed by atoms with van der Waals surface area (Å²) in [4.78, 5) is 115. The highest BCUT2D eigenvalue weighted by atomic mass is 16.2. The van der Waals surface area contributed by atoms with Crippen molar-refractivity contribution in [1.82, 2.24) is 89.9 Å². The van der Waals surface area contributed by atoms with E-state index in [0.29, 0.717) is 40.0 Å². The van der Waals surface area contributed by atoms with Gasteiger partial charge in [0.05, 0.1) is 18.3 Å². The molecule has 0 spiro atoms. The van der Waals surface area contributed by atoms with Crippen molar-refractivity contribution in [2.75, 3.05) is 37.1 Å². The lowest BCUT2D eigenvalue weighted by molar-refractivity contribution is 0.882. The van der Waals surface area contributed by atoms with Gasteiger partial charge in [-0.1, -0.05) is 0 Å². The molecule has 0 fully saturated rings. The van der Waals surface area contributed by atoms with Gasteiger partial charge >= 0.3 is 22.8 Å². The van der Waals surface area contributed by atoms with E-state index in [9.17, 15) is 28.8 Å². The summed E-state index contributed by atoms with van der Waals surface area (Å²) in [5, 5.41) is 14.1. The van der Waals surface area contributed by atoms with Gasteiger partial charge < -0.3 is 35.9 Å². The first-order valence-electron chi connectivity index (χ1n) is 17.3. The zero-order chi connectivity index (χ0) is 44.4. The molecular weight excluding hydrogens is 787 g/mol. The SMILES string of the molecule is CNc1[nH]c(=O)ncc1C.CNc1nc(=O)[nH]nc1C.CNc1ncnc(=O)[nH]1.Cc1c[nH]c(=O)[nH]c1=O.Cc1nc(C)c2[nH]cnc2n1.Cc1nc2nc[nH]c2c(=O)[nH]1. The standard InChI is InChI=1S/C7H8N4.C6H6N4O.C6H9N3O.C5H8N4O.C5H6N2O2.C4H6N4O/c1-4-6-7(9-3-8-6)11-5(2)10-4;1-3-9-5-4(6(11)10-3)7-2-8-5;1-4-3-8-6(10)9-5(4)7-2;1-3-4(6-2)7-5(10)9-8-3;1-3-2-6-5(9)7-4(3)8;1-5-3-6-2-7-4(9)8-3/h3H,1-2H3,(H,8,9,10,11);2H,1H3,(H2,7,8,9,10,11);3H,1-2H3,(H2,7,8,9,10);1-2H3,(H2,6,7,9,10);2H,1H3,(H2,6,7,8,9);2H,1H3,(H2,5,6,7,8,9). The number of aromatic nitrogens is 18. The van der Waals surface area contributed by atoms with Crippen molar-refractivity contribution in [3.8, 4) is 0 Å². The Labute approximate surface area is 336 Å². The van der Waals surface area contributed by atoms with Crippen LogP contribution in [0, 0.1) is 41.5 Å². The van der Waals surface area contributed by atoms with Gasteiger partial charge in [-0.3, -0.25) is 24.5 Å². The van der Waals surface area contributed by atoms with E-state index < -0.39 is 17.1 Å². The van der Waals surface area contributed by atoms with E-state index in [2.05, 4.69) is 106 Å². The maximum absolute atomic E-state index is 11.1. The molecule has 8 aromatic rings. The number of fused-ring (bicyclic) bond motifs is 2. The summed E-state index contributed by atoms with van der Waals surface area (Å²) in [7, 11) is 5.10. The molecule has 0 radical (unpaired) electrons. The van der Waals surface area contributed by atoms with Crippen LogP contribution in [0.25, 0.3) is 22.3 Å². The summed E-state index contributed by atoms with van der Waals surface area (Å²) in [5.41, 5.74) is 3.50. The van der Waals surface area contributed by atoms with Crippen LogP contribution in [-0.2, 0) is 0 Å². The van der Waals surface area contributed by atoms with Gasteiger partial charge in [-0.05, 0) is 41.5 Å². The minimum Gasteiger partial charge on any atom is -0.374 e. The third-order valence-electron chi connectivity index (χ3n) is 7.19. The maximum atomic E-state index is 11.1. The molecule has 0 amide bonds. The largest absolute Gasteiger partial charge is 0.374 e. The number of H-pyrrole nitrogens is 8. The fourth-order valence-electron chi connectivity index (χ4n) is 4.32. The Bertz CT molecular complexity index is 2920. The lowest BCUT2D eigenvalue weighted by Gasteiger charge is -2.00. The van der Waals surface area contributed by atoms with Crippen LogP contribution in [0.1, 0.15) is 34.2 Å². The van der Waals surface area contributed by atoms with Crippen molar-refractivity contribution in [2.45, 2.75) is 41.5 Å². The quantitative estimate of drug-likeness (QED) is 0.103. The van der Waals surface area contributed by atoms with E-state index in [0.717, 1.165) is 34.1 Å². The van der Waals surface area contributed by atoms with Crippen LogP contribution in [0.3, 0.4) is 0 Å². The van der Waals surface area contributed by atoms with E-state index in [1.807, 2.05) is 20.8 Å². The molecule has 8 rings (SSSR count). The van der Waals surface area contributed by atoms with E-state index in [-0.39, 0.29) is 16.8 Å². The van der Waals surface area contributed by atoms with Gasteiger partial charge in [0.1, 0.15) is 35.0 Å². The van der Waals surface area contributed by atoms with E-state index in [1.165, 1.54) is 25.0 Å². The molecule has 27 nitrogen and oxygen atoms in total. The Morgan fingerprint density at radius 2 is 1.22 bits per heavy atom. The molecule has 8 heterocycles. The van der Waals surface area contributed by atoms with E-state index in [1.54, 1.807) is 48.2 Å². The summed E-state index contributed by atoms with van der Waals surface area (Å²) in [6.45, 7) is 10.8. The van der Waals surface area contributed by atoms with Gasteiger partial charge in [0, 0.05) is 44.7 Å². The second kappa shape index (κ2) is 22.3. The molecule has 8 aromatic heterocycles. The van der Waals surface area contributed by atoms with Crippen molar-refractivity contribution in [3.63, 3.8) is 0 Å². The third-order valence-corrected chi connectivity index (χ3v) is 7.19. The monoisotopic (exact) mass is 829 g/mol. The van der Waals surface area contributed by atoms with Crippen molar-refractivity contribution < 1.29 is 0 Å². The number of aryl methyl sites for hydroxylation is 6. The van der Waals surface area contributed by atoms with Crippen molar-refractivity contribution in [2.24, 2.45) is 0 Å². The fraction of sp³-hybridized carbons (Fsp3) is 0.273. The van der Waals surface area contributed by atoms with Crippen molar-refractivity contribution in [3.05, 3.63) is 128 Å². The van der Waals surface area contributed by atoms with Crippen LogP contribution >= 0.6 is 0 Å². The molecule has 0 saturated carbocycles. The van der Waals surface area contributed by atoms with Crippen LogP contribution in [0.5, 0.6) is 0 Å². The number of hydrogen-bond donors (Lipinski definition) is 11. The Balaban J connectivity index is 0.000000193. The number of nitrogens with zero attached hydrogens (tertiary/aromatic N) is 10. The van der Waals surface area contributed by atoms with Crippen LogP contribution in [0.4, 0.5) is 17.6 Å². The molecule has 0 unspecified atom stereocenters. The summed E-state index contributed by atoms with van der Waals surface area (Å²) >= 11 is 0. The van der Waals surface area contributed by atoms with Crippen LogP contribution in [-0.4, -0.2) is 111 Å². The van der Waals surface area contributed by atoms with Crippen molar-refractivity contribution >= 4 is 39.9 Å². The Hall–Kier alpha value is -8.52. The Kier molecular flexibility index (Phi) is 17.0. The number of nitrogens with one attached hydrogen (secondary N) is 11. The number of hydrogen-bond acceptors (Lipinski definition) is 19. The second-order valence-electron chi connectivity index (χ2n) is 11.7. The third kappa shape index (κ3) is 14.2. The molecule has 0 aromatic carbocycles. The highest BCUT2D eigenvalue weighted by Crippen LogP contribution is 2.09. The Morgan fingerprint density at radius 1 is 0.550 bits per heavy atom. The van der Waals surface area contributed by atoms with Gasteiger partial charge in [-0.15, -0.1) is 0 Å². The zero-order valence-corrected chi connectivity index (χ0v) is 33.8. The number of rotatable bonds is 3. The summed E-state index contributed by atoms with van der Waals surface area (Å²) in [5.74, 6) is 3.01. The smallest absolute Gasteiger partial charge is 0.363 e. The molecular formula is C33H43N21O6. The topological polar surface area (TPSA) is 394 Å². The zero-order valence-electron chi connectivity index (χ0n) is 33.8. The molecule has 0 bridgehead atoms. The first-order valence-corrected chi connectivity index (χ1v) is 17.3. The minimum absolute atomic E-state index is 0.176. The molecule has 0 saturated heterocycles. The minimum atomic E-state index is -0.467. The van der Waals surface area contributed by atoms with Crippen LogP contribution in [0.2, 0.25) is 0 Å². The number of imidazole rings is 2. The molecule has 60 heavy (non-hydrogen) atoms. The number of anilines is 3. The highest BCUT2D eigenvalue weighted by molar-refractivity contribution is 5.72. The van der Waals surface area contributed by atoms with Gasteiger partial charge in [-0.25, -0.2) is 59.2 Å². The molecule has 0 aliphatic carbocycles. The summed E-state index contributed by atoms with van der Waals surface area (Å²) < 4.78 is 0. The predicted molar refractivity (Wildman–Crippen MR) is 221 cm³/mol. The second-order valence-corrected chi connectivity index (χ2v) is 11.7. The lowest BCUT2D eigenvalue weighted by Crippen LogP contribution is -2.22. The van der Waals surface area contributed by atoms with E-state index >= 15 is 0 Å². The maximum Gasteiger partial charge on any atom is 0.363 e. The number of aromatic amines is 8. The first kappa shape index (κ1) is 45.9. The van der Waals surface area contributed by atoms with Gasteiger partial charge in [-0.2, -0.15) is 15.1 Å². The lowest BCUT2D eigenvalue weighted by atomic mass is 10.3. The molecule has 0 atom stereocenters. The molecule has 0 aliphatic rings. The summed E-state index contributed by atoms with van der Waals surface area (Å²) in [6, 6.07) is 0. The van der Waals surface area contributed by atoms with Crippen molar-refractivity contribution in [1.29, 1.82) is 0 Å². The highest BCUT2D eigenvalue weighted by Gasteiger charge is 2.03. The Morgan fingerprint density at radius 3 is 1.78 bits per heavy atom. The van der Waals surface area contributed by atoms with Gasteiger partial charge in [0.2, 0.25) is 5.95 Å². The first-order chi connectivity index (χ1) is 28.5. The van der Waals surface area contributed by atoms with Gasteiger partial charge in [0.25, 0.3) is 11.1 Å². The molecule has 0 aliphatic heterocycles. The average molecular weight is 830 g/mol. The van der Waals surface area contributed by atoms with Gasteiger partial charge in [0.15, 0.2) is 22.6 Å². The molecule has 11 N–H and O–H groups in total. The average Bonchev–Trinajstić information content (AvgIpc) is 3.90. The molecule has 27 heteroatoms. The van der Waals surface area contributed by atoms with Crippen LogP contribution < -0.4 is 49.8 Å². The summed E-state index contributed by atoms with van der Waals surface area (Å²) in [6.07, 6.45) is 7.19.